The van der Waals surface area contributed by atoms with Crippen LogP contribution in [0, 0.1) is 0 Å². The van der Waals surface area contributed by atoms with E-state index in [1.165, 1.54) is 6.33 Å². The highest BCUT2D eigenvalue weighted by atomic mass is 35.5. The third kappa shape index (κ3) is 6.17. The Morgan fingerprint density at radius 3 is 2.17 bits per heavy atom. The molecule has 0 aliphatic heterocycles. The lowest BCUT2D eigenvalue weighted by Gasteiger charge is -2.37. The Balaban J connectivity index is 2.24. The van der Waals surface area contributed by atoms with E-state index in [1.54, 1.807) is 12.0 Å². The van der Waals surface area contributed by atoms with Gasteiger partial charge in [0.05, 0.1) is 13.7 Å². The summed E-state index contributed by atoms with van der Waals surface area (Å²) in [6.45, 7) is 12.1. The summed E-state index contributed by atoms with van der Waals surface area (Å²) in [6.07, 6.45) is 1.23. The molecule has 0 aliphatic rings. The number of rotatable bonds is 8. The molecule has 30 heavy (non-hydrogen) atoms. The van der Waals surface area contributed by atoms with Gasteiger partial charge in [-0.05, 0) is 35.8 Å². The summed E-state index contributed by atoms with van der Waals surface area (Å²) < 4.78 is 11.5. The summed E-state index contributed by atoms with van der Waals surface area (Å²) in [5.74, 6) is 0.417. The Bertz CT molecular complexity index is 851. The van der Waals surface area contributed by atoms with Gasteiger partial charge in [0.2, 0.25) is 0 Å². The molecule has 0 fully saturated rings. The minimum atomic E-state index is -1.94. The zero-order chi connectivity index (χ0) is 22.5. The second-order valence-corrected chi connectivity index (χ2v) is 14.0. The van der Waals surface area contributed by atoms with Crippen LogP contribution >= 0.6 is 23.2 Å². The van der Waals surface area contributed by atoms with Gasteiger partial charge in [0.15, 0.2) is 8.32 Å². The summed E-state index contributed by atoms with van der Waals surface area (Å²) in [6, 6.07) is 7.54. The van der Waals surface area contributed by atoms with Crippen molar-refractivity contribution < 1.29 is 14.0 Å². The van der Waals surface area contributed by atoms with Gasteiger partial charge < -0.3 is 14.1 Å². The molecule has 0 saturated carbocycles. The average Bonchev–Trinajstić information content (AvgIpc) is 2.66. The largest absolute Gasteiger partial charge is 0.497 e. The maximum Gasteiger partial charge on any atom is 0.260 e. The predicted molar refractivity (Wildman–Crippen MR) is 123 cm³/mol. The van der Waals surface area contributed by atoms with Crippen molar-refractivity contribution >= 4 is 37.4 Å². The maximum atomic E-state index is 13.3. The fraction of sp³-hybridized carbons (Fsp3) is 0.476. The number of carbonyl (C=O) groups is 1. The molecule has 1 amide bonds. The topological polar surface area (TPSA) is 64.6 Å². The van der Waals surface area contributed by atoms with Crippen molar-refractivity contribution in [3.8, 4) is 5.75 Å². The smallest absolute Gasteiger partial charge is 0.260 e. The number of nitrogens with zero attached hydrogens (tertiary/aromatic N) is 3. The summed E-state index contributed by atoms with van der Waals surface area (Å²) in [4.78, 5) is 22.7. The van der Waals surface area contributed by atoms with Crippen molar-refractivity contribution in [3.05, 3.63) is 52.0 Å². The SMILES string of the molecule is COc1ccc(CN(CCO[Si](C)(C)C(C)(C)C)C(=O)c2c(Cl)ncnc2Cl)cc1. The number of halogens is 2. The fourth-order valence-electron chi connectivity index (χ4n) is 2.51. The van der Waals surface area contributed by atoms with Gasteiger partial charge in [0.25, 0.3) is 5.91 Å². The first-order valence-corrected chi connectivity index (χ1v) is 13.3. The van der Waals surface area contributed by atoms with Crippen molar-refractivity contribution in [3.63, 3.8) is 0 Å². The van der Waals surface area contributed by atoms with Gasteiger partial charge in [-0.15, -0.1) is 0 Å². The third-order valence-corrected chi connectivity index (χ3v) is 10.5. The second-order valence-electron chi connectivity index (χ2n) is 8.51. The van der Waals surface area contributed by atoms with Gasteiger partial charge in [-0.1, -0.05) is 56.1 Å². The molecule has 0 atom stereocenters. The molecule has 1 heterocycles. The molecule has 2 rings (SSSR count). The van der Waals surface area contributed by atoms with Gasteiger partial charge in [0.1, 0.15) is 27.9 Å². The van der Waals surface area contributed by atoms with Crippen LogP contribution in [-0.4, -0.2) is 49.4 Å². The summed E-state index contributed by atoms with van der Waals surface area (Å²) in [5, 5.41) is 0.146. The lowest BCUT2D eigenvalue weighted by molar-refractivity contribution is 0.0711. The first-order chi connectivity index (χ1) is 14.0. The molecule has 1 aromatic carbocycles. The summed E-state index contributed by atoms with van der Waals surface area (Å²) >= 11 is 12.3. The molecule has 164 valence electrons. The number of aromatic nitrogens is 2. The normalized spacial score (nSPS) is 12.0. The zero-order valence-electron chi connectivity index (χ0n) is 18.3. The van der Waals surface area contributed by atoms with Crippen LogP contribution in [0.1, 0.15) is 36.7 Å². The van der Waals surface area contributed by atoms with E-state index in [1.807, 2.05) is 24.3 Å². The molecule has 0 bridgehead atoms. The lowest BCUT2D eigenvalue weighted by atomic mass is 10.2. The number of carbonyl (C=O) groups excluding carboxylic acids is 1. The number of amides is 1. The molecule has 0 aliphatic carbocycles. The number of methoxy groups -OCH3 is 1. The molecule has 6 nitrogen and oxygen atoms in total. The van der Waals surface area contributed by atoms with Crippen molar-refractivity contribution in [2.24, 2.45) is 0 Å². The van der Waals surface area contributed by atoms with Gasteiger partial charge in [-0.3, -0.25) is 4.79 Å². The van der Waals surface area contributed by atoms with Gasteiger partial charge >= 0.3 is 0 Å². The molecule has 9 heteroatoms. The van der Waals surface area contributed by atoms with Gasteiger partial charge in [-0.2, -0.15) is 0 Å². The first kappa shape index (κ1) is 24.6. The standard InChI is InChI=1S/C21H29Cl2N3O3Si/c1-21(2,3)30(5,6)29-12-11-26(13-15-7-9-16(28-4)10-8-15)20(27)17-18(22)24-14-25-19(17)23/h7-10,14H,11-13H2,1-6H3. The third-order valence-electron chi connectivity index (χ3n) is 5.42. The van der Waals surface area contributed by atoms with Crippen molar-refractivity contribution in [1.29, 1.82) is 0 Å². The zero-order valence-corrected chi connectivity index (χ0v) is 20.8. The molecule has 0 unspecified atom stereocenters. The molecular weight excluding hydrogens is 441 g/mol. The number of hydrogen-bond donors (Lipinski definition) is 0. The van der Waals surface area contributed by atoms with Crippen LogP contribution in [0.15, 0.2) is 30.6 Å². The summed E-state index contributed by atoms with van der Waals surface area (Å²) in [5.41, 5.74) is 1.04. The van der Waals surface area contributed by atoms with Crippen LogP contribution in [-0.2, 0) is 11.0 Å². The summed E-state index contributed by atoms with van der Waals surface area (Å²) in [7, 11) is -0.330. The number of benzene rings is 1. The Kier molecular flexibility index (Phi) is 8.27. The van der Waals surface area contributed by atoms with Crippen LogP contribution in [0.4, 0.5) is 0 Å². The monoisotopic (exact) mass is 469 g/mol. The van der Waals surface area contributed by atoms with Crippen LogP contribution < -0.4 is 4.74 Å². The molecule has 1 aromatic heterocycles. The van der Waals surface area contributed by atoms with Crippen LogP contribution in [0.3, 0.4) is 0 Å². The van der Waals surface area contributed by atoms with E-state index in [2.05, 4.69) is 43.8 Å². The molecule has 0 spiro atoms. The highest BCUT2D eigenvalue weighted by Gasteiger charge is 2.37. The van der Waals surface area contributed by atoms with Crippen LogP contribution in [0.25, 0.3) is 0 Å². The van der Waals surface area contributed by atoms with E-state index >= 15 is 0 Å². The quantitative estimate of drug-likeness (QED) is 0.379. The Morgan fingerprint density at radius 1 is 1.10 bits per heavy atom. The van der Waals surface area contributed by atoms with E-state index < -0.39 is 8.32 Å². The highest BCUT2D eigenvalue weighted by molar-refractivity contribution is 6.74. The molecule has 2 aromatic rings. The molecule has 0 N–H and O–H groups in total. The number of ether oxygens (including phenoxy) is 1. The van der Waals surface area contributed by atoms with Crippen LogP contribution in [0.2, 0.25) is 28.4 Å². The van der Waals surface area contributed by atoms with Crippen molar-refractivity contribution in [2.75, 3.05) is 20.3 Å². The lowest BCUT2D eigenvalue weighted by Crippen LogP contribution is -2.43. The minimum absolute atomic E-state index is 0.0324. The predicted octanol–water partition coefficient (Wildman–Crippen LogP) is 5.46. The van der Waals surface area contributed by atoms with E-state index in [0.717, 1.165) is 11.3 Å². The van der Waals surface area contributed by atoms with E-state index in [0.29, 0.717) is 19.7 Å². The van der Waals surface area contributed by atoms with E-state index in [4.69, 9.17) is 32.4 Å². The molecule has 0 saturated heterocycles. The minimum Gasteiger partial charge on any atom is -0.497 e. The van der Waals surface area contributed by atoms with E-state index in [9.17, 15) is 4.79 Å². The van der Waals surface area contributed by atoms with Crippen LogP contribution in [0.5, 0.6) is 5.75 Å². The molecule has 0 radical (unpaired) electrons. The highest BCUT2D eigenvalue weighted by Crippen LogP contribution is 2.36. The molecular formula is C21H29Cl2N3O3Si. The second kappa shape index (κ2) is 10.1. The maximum absolute atomic E-state index is 13.3. The average molecular weight is 470 g/mol. The number of hydrogen-bond acceptors (Lipinski definition) is 5. The van der Waals surface area contributed by atoms with E-state index in [-0.39, 0.29) is 26.8 Å². The Labute approximate surface area is 189 Å². The Morgan fingerprint density at radius 2 is 1.67 bits per heavy atom. The van der Waals surface area contributed by atoms with Gasteiger partial charge in [-0.25, -0.2) is 9.97 Å². The van der Waals surface area contributed by atoms with Gasteiger partial charge in [0, 0.05) is 13.1 Å². The Hall–Kier alpha value is -1.67. The van der Waals surface area contributed by atoms with Crippen molar-refractivity contribution in [1.82, 2.24) is 14.9 Å². The fourth-order valence-corrected chi connectivity index (χ4v) is 4.02. The first-order valence-electron chi connectivity index (χ1n) is 9.68. The van der Waals surface area contributed by atoms with Crippen molar-refractivity contribution in [2.45, 2.75) is 45.4 Å².